The molecule has 1 heterocycles. The van der Waals surface area contributed by atoms with Crippen LogP contribution in [0, 0.1) is 0 Å². The highest BCUT2D eigenvalue weighted by Crippen LogP contribution is 2.31. The first-order valence-electron chi connectivity index (χ1n) is 9.29. The van der Waals surface area contributed by atoms with Gasteiger partial charge in [-0.05, 0) is 29.8 Å². The number of carbonyl (C=O) groups is 3. The van der Waals surface area contributed by atoms with E-state index in [0.717, 1.165) is 0 Å². The Morgan fingerprint density at radius 1 is 1.16 bits per heavy atom. The molecule has 164 valence electrons. The molecule has 0 saturated carbocycles. The zero-order valence-corrected chi connectivity index (χ0v) is 16.6. The number of ether oxygens (including phenoxy) is 3. The number of para-hydroxylation sites is 2. The number of halogens is 2. The highest BCUT2D eigenvalue weighted by Gasteiger charge is 2.27. The molecule has 0 N–H and O–H groups in total. The second kappa shape index (κ2) is 9.88. The number of amides is 2. The van der Waals surface area contributed by atoms with Gasteiger partial charge in [-0.2, -0.15) is 8.78 Å². The predicted octanol–water partition coefficient (Wildman–Crippen LogP) is 2.22. The van der Waals surface area contributed by atoms with Crippen molar-refractivity contribution in [2.45, 2.75) is 13.2 Å². The monoisotopic (exact) mass is 434 g/mol. The van der Waals surface area contributed by atoms with Crippen LogP contribution >= 0.6 is 0 Å². The molecule has 31 heavy (non-hydrogen) atoms. The Hall–Kier alpha value is -3.69. The molecule has 0 radical (unpaired) electrons. The summed E-state index contributed by atoms with van der Waals surface area (Å²) in [5.74, 6) is -1.09. The van der Waals surface area contributed by atoms with Crippen molar-refractivity contribution in [1.29, 1.82) is 0 Å². The Morgan fingerprint density at radius 3 is 2.58 bits per heavy atom. The van der Waals surface area contributed by atoms with Crippen LogP contribution in [0.2, 0.25) is 0 Å². The van der Waals surface area contributed by atoms with E-state index in [1.807, 2.05) is 0 Å². The summed E-state index contributed by atoms with van der Waals surface area (Å²) in [5, 5.41) is 0. The molecule has 0 bridgehead atoms. The van der Waals surface area contributed by atoms with Gasteiger partial charge in [-0.1, -0.05) is 24.3 Å². The van der Waals surface area contributed by atoms with E-state index in [1.54, 1.807) is 36.4 Å². The largest absolute Gasteiger partial charge is 0.482 e. The molecule has 1 aliphatic rings. The lowest BCUT2D eigenvalue weighted by molar-refractivity contribution is -0.151. The van der Waals surface area contributed by atoms with Crippen molar-refractivity contribution in [3.63, 3.8) is 0 Å². The first kappa shape index (κ1) is 22.0. The molecule has 0 spiro atoms. The molecule has 0 saturated heterocycles. The van der Waals surface area contributed by atoms with E-state index in [0.29, 0.717) is 17.0 Å². The lowest BCUT2D eigenvalue weighted by Crippen LogP contribution is -2.43. The van der Waals surface area contributed by atoms with E-state index in [1.165, 1.54) is 29.0 Å². The molecule has 1 aliphatic heterocycles. The van der Waals surface area contributed by atoms with Crippen molar-refractivity contribution in [3.8, 4) is 11.5 Å². The van der Waals surface area contributed by atoms with Crippen LogP contribution in [0.5, 0.6) is 11.5 Å². The van der Waals surface area contributed by atoms with Gasteiger partial charge in [-0.25, -0.2) is 0 Å². The summed E-state index contributed by atoms with van der Waals surface area (Å²) < 4.78 is 39.0. The highest BCUT2D eigenvalue weighted by molar-refractivity contribution is 6.01. The van der Waals surface area contributed by atoms with Crippen molar-refractivity contribution < 1.29 is 37.4 Å². The van der Waals surface area contributed by atoms with Crippen LogP contribution in [-0.4, -0.2) is 56.1 Å². The van der Waals surface area contributed by atoms with Crippen LogP contribution in [-0.2, 0) is 25.7 Å². The Bertz CT molecular complexity index is 951. The number of anilines is 1. The number of hydrogen-bond donors (Lipinski definition) is 0. The number of fused-ring (bicyclic) bond motifs is 1. The summed E-state index contributed by atoms with van der Waals surface area (Å²) in [6.07, 6.45) is 0. The lowest BCUT2D eigenvalue weighted by Gasteiger charge is -2.28. The maximum Gasteiger partial charge on any atom is 0.387 e. The van der Waals surface area contributed by atoms with Crippen molar-refractivity contribution in [2.24, 2.45) is 0 Å². The van der Waals surface area contributed by atoms with Crippen molar-refractivity contribution in [3.05, 3.63) is 54.1 Å². The number of benzene rings is 2. The van der Waals surface area contributed by atoms with Gasteiger partial charge in [0.15, 0.2) is 13.2 Å². The van der Waals surface area contributed by atoms with E-state index in [2.05, 4.69) is 4.74 Å². The lowest BCUT2D eigenvalue weighted by atomic mass is 10.2. The molecule has 3 rings (SSSR count). The number of rotatable bonds is 8. The fourth-order valence-electron chi connectivity index (χ4n) is 2.89. The summed E-state index contributed by atoms with van der Waals surface area (Å²) in [7, 11) is 1.52. The van der Waals surface area contributed by atoms with Crippen LogP contribution < -0.4 is 14.4 Å². The minimum absolute atomic E-state index is 0.0147. The van der Waals surface area contributed by atoms with Crippen LogP contribution in [0.1, 0.15) is 5.56 Å². The molecule has 0 atom stereocenters. The molecule has 0 fully saturated rings. The SMILES string of the molecule is CN(Cc1ccc(OC(F)F)cc1)C(=O)COC(=O)CN1C(=O)COc2ccccc21. The maximum atomic E-state index is 12.2. The van der Waals surface area contributed by atoms with Crippen molar-refractivity contribution in [2.75, 3.05) is 31.7 Å². The third-order valence-electron chi connectivity index (χ3n) is 4.45. The van der Waals surface area contributed by atoms with Crippen molar-refractivity contribution >= 4 is 23.5 Å². The number of esters is 1. The fourth-order valence-corrected chi connectivity index (χ4v) is 2.89. The van der Waals surface area contributed by atoms with Crippen LogP contribution in [0.15, 0.2) is 48.5 Å². The fraction of sp³-hybridized carbons (Fsp3) is 0.286. The summed E-state index contributed by atoms with van der Waals surface area (Å²) in [4.78, 5) is 39.1. The zero-order valence-electron chi connectivity index (χ0n) is 16.6. The first-order valence-corrected chi connectivity index (χ1v) is 9.29. The normalized spacial score (nSPS) is 12.8. The van der Waals surface area contributed by atoms with Gasteiger partial charge in [-0.3, -0.25) is 19.3 Å². The third kappa shape index (κ3) is 5.91. The van der Waals surface area contributed by atoms with Crippen LogP contribution in [0.3, 0.4) is 0 Å². The van der Waals surface area contributed by atoms with E-state index in [4.69, 9.17) is 9.47 Å². The maximum absolute atomic E-state index is 12.2. The molecular formula is C21H20F2N2O6. The Morgan fingerprint density at radius 2 is 1.87 bits per heavy atom. The van der Waals surface area contributed by atoms with Crippen molar-refractivity contribution in [1.82, 2.24) is 4.90 Å². The van der Waals surface area contributed by atoms with E-state index in [-0.39, 0.29) is 25.4 Å². The van der Waals surface area contributed by atoms with Crippen LogP contribution in [0.25, 0.3) is 0 Å². The zero-order chi connectivity index (χ0) is 22.4. The van der Waals surface area contributed by atoms with Gasteiger partial charge in [0.2, 0.25) is 0 Å². The first-order chi connectivity index (χ1) is 14.8. The van der Waals surface area contributed by atoms with Gasteiger partial charge >= 0.3 is 12.6 Å². The Balaban J connectivity index is 1.49. The third-order valence-corrected chi connectivity index (χ3v) is 4.45. The van der Waals surface area contributed by atoms with Gasteiger partial charge in [0, 0.05) is 13.6 Å². The topological polar surface area (TPSA) is 85.4 Å². The number of alkyl halides is 2. The van der Waals surface area contributed by atoms with Gasteiger partial charge in [0.25, 0.3) is 11.8 Å². The molecular weight excluding hydrogens is 414 g/mol. The second-order valence-electron chi connectivity index (χ2n) is 6.67. The second-order valence-corrected chi connectivity index (χ2v) is 6.67. The van der Waals surface area contributed by atoms with E-state index >= 15 is 0 Å². The molecule has 0 unspecified atom stereocenters. The number of carbonyl (C=O) groups excluding carboxylic acids is 3. The molecule has 2 amide bonds. The van der Waals surface area contributed by atoms with Gasteiger partial charge in [0.05, 0.1) is 5.69 Å². The minimum Gasteiger partial charge on any atom is -0.482 e. The number of hydrogen-bond acceptors (Lipinski definition) is 6. The van der Waals surface area contributed by atoms with Gasteiger partial charge in [0.1, 0.15) is 18.0 Å². The quantitative estimate of drug-likeness (QED) is 0.593. The van der Waals surface area contributed by atoms with Gasteiger partial charge < -0.3 is 19.1 Å². The minimum atomic E-state index is -2.91. The molecule has 8 nitrogen and oxygen atoms in total. The average Bonchev–Trinajstić information content (AvgIpc) is 2.75. The highest BCUT2D eigenvalue weighted by atomic mass is 19.3. The smallest absolute Gasteiger partial charge is 0.387 e. The molecule has 0 aromatic heterocycles. The Kier molecular flexibility index (Phi) is 7.01. The molecule has 0 aliphatic carbocycles. The molecule has 2 aromatic carbocycles. The van der Waals surface area contributed by atoms with E-state index in [9.17, 15) is 23.2 Å². The summed E-state index contributed by atoms with van der Waals surface area (Å²) in [6, 6.07) is 12.6. The summed E-state index contributed by atoms with van der Waals surface area (Å²) in [6.45, 7) is -3.76. The van der Waals surface area contributed by atoms with Crippen LogP contribution in [0.4, 0.5) is 14.5 Å². The summed E-state index contributed by atoms with van der Waals surface area (Å²) >= 11 is 0. The molecule has 10 heteroatoms. The van der Waals surface area contributed by atoms with E-state index < -0.39 is 31.0 Å². The number of likely N-dealkylation sites (N-methyl/N-ethyl adjacent to an activating group) is 1. The van der Waals surface area contributed by atoms with Gasteiger partial charge in [-0.15, -0.1) is 0 Å². The molecule has 2 aromatic rings. The Labute approximate surface area is 176 Å². The average molecular weight is 434 g/mol. The summed E-state index contributed by atoms with van der Waals surface area (Å²) in [5.41, 5.74) is 1.14. The predicted molar refractivity (Wildman–Crippen MR) is 105 cm³/mol. The standard InChI is InChI=1S/C21H20F2N2O6/c1-24(10-14-6-8-15(9-7-14)31-21(22)23)18(26)12-30-20(28)11-25-16-4-2-3-5-17(16)29-13-19(25)27/h2-9,21H,10-13H2,1H3. The number of nitrogens with zero attached hydrogens (tertiary/aromatic N) is 2.